The van der Waals surface area contributed by atoms with Crippen molar-refractivity contribution in [2.45, 2.75) is 4.90 Å². The fourth-order valence-corrected chi connectivity index (χ4v) is 2.77. The molecule has 110 valence electrons. The minimum atomic E-state index is -4.17. The Balaban J connectivity index is 2.58. The van der Waals surface area contributed by atoms with E-state index in [0.717, 1.165) is 12.1 Å². The molecular formula is C12H9ClN2O5S. The summed E-state index contributed by atoms with van der Waals surface area (Å²) in [5.41, 5.74) is -0.660. The summed E-state index contributed by atoms with van der Waals surface area (Å²) in [5, 5.41) is 15.5. The van der Waals surface area contributed by atoms with Crippen LogP contribution in [0.5, 0.6) is 11.5 Å². The predicted octanol–water partition coefficient (Wildman–Crippen LogP) is 2.69. The molecule has 0 unspecified atom stereocenters. The monoisotopic (exact) mass is 328 g/mol. The maximum atomic E-state index is 11.3. The van der Waals surface area contributed by atoms with Crippen molar-refractivity contribution in [2.24, 2.45) is 5.14 Å². The summed E-state index contributed by atoms with van der Waals surface area (Å²) in [6.45, 7) is 0. The molecule has 0 amide bonds. The van der Waals surface area contributed by atoms with Gasteiger partial charge in [0.2, 0.25) is 15.8 Å². The van der Waals surface area contributed by atoms with Crippen LogP contribution in [0.25, 0.3) is 0 Å². The van der Waals surface area contributed by atoms with Crippen molar-refractivity contribution in [2.75, 3.05) is 0 Å². The summed E-state index contributed by atoms with van der Waals surface area (Å²) in [5.74, 6) is 0.170. The van der Waals surface area contributed by atoms with Crippen LogP contribution in [-0.2, 0) is 10.0 Å². The molecule has 7 nitrogen and oxygen atoms in total. The molecule has 0 spiro atoms. The quantitative estimate of drug-likeness (QED) is 0.684. The van der Waals surface area contributed by atoms with Gasteiger partial charge in [-0.25, -0.2) is 13.6 Å². The lowest BCUT2D eigenvalue weighted by atomic mass is 10.3. The second-order valence-electron chi connectivity index (χ2n) is 3.94. The number of nitro groups is 1. The third-order valence-corrected chi connectivity index (χ3v) is 3.95. The number of sulfonamides is 1. The Hall–Kier alpha value is -2.16. The van der Waals surface area contributed by atoms with Crippen LogP contribution in [0.3, 0.4) is 0 Å². The van der Waals surface area contributed by atoms with Crippen LogP contribution >= 0.6 is 11.6 Å². The fourth-order valence-electron chi connectivity index (χ4n) is 1.62. The molecule has 0 saturated carbocycles. The maximum Gasteiger partial charge on any atom is 0.331 e. The SMILES string of the molecule is NS(=O)(=O)c1ccc(Oc2ccccc2)c([N+](=O)[O-])c1Cl. The Kier molecular flexibility index (Phi) is 4.12. The highest BCUT2D eigenvalue weighted by molar-refractivity contribution is 7.89. The van der Waals surface area contributed by atoms with Crippen LogP contribution < -0.4 is 9.88 Å². The number of ether oxygens (including phenoxy) is 1. The smallest absolute Gasteiger partial charge is 0.331 e. The maximum absolute atomic E-state index is 11.3. The molecule has 0 aliphatic rings. The molecule has 2 rings (SSSR count). The average Bonchev–Trinajstić information content (AvgIpc) is 2.38. The van der Waals surface area contributed by atoms with E-state index < -0.39 is 30.6 Å². The number of nitrogens with two attached hydrogens (primary N) is 1. The molecule has 0 aliphatic carbocycles. The lowest BCUT2D eigenvalue weighted by Gasteiger charge is -2.09. The molecule has 0 aliphatic heterocycles. The number of hydrogen-bond donors (Lipinski definition) is 1. The van der Waals surface area contributed by atoms with Crippen LogP contribution in [0, 0.1) is 10.1 Å². The number of para-hydroxylation sites is 1. The highest BCUT2D eigenvalue weighted by atomic mass is 35.5. The van der Waals surface area contributed by atoms with E-state index in [1.165, 1.54) is 0 Å². The van der Waals surface area contributed by atoms with Crippen molar-refractivity contribution in [3.05, 3.63) is 57.6 Å². The van der Waals surface area contributed by atoms with Gasteiger partial charge in [-0.1, -0.05) is 29.8 Å². The molecule has 0 bridgehead atoms. The number of rotatable bonds is 4. The molecule has 0 heterocycles. The summed E-state index contributed by atoms with van der Waals surface area (Å²) < 4.78 is 28.0. The average molecular weight is 329 g/mol. The van der Waals surface area contributed by atoms with Gasteiger partial charge in [0, 0.05) is 0 Å². The van der Waals surface area contributed by atoms with E-state index in [2.05, 4.69) is 0 Å². The van der Waals surface area contributed by atoms with E-state index in [1.54, 1.807) is 30.3 Å². The van der Waals surface area contributed by atoms with Gasteiger partial charge < -0.3 is 4.74 Å². The Labute approximate surface area is 125 Å². The van der Waals surface area contributed by atoms with Crippen molar-refractivity contribution in [1.29, 1.82) is 0 Å². The van der Waals surface area contributed by atoms with Gasteiger partial charge in [-0.2, -0.15) is 0 Å². The number of nitro benzene ring substituents is 1. The van der Waals surface area contributed by atoms with E-state index in [9.17, 15) is 18.5 Å². The Morgan fingerprint density at radius 1 is 1.14 bits per heavy atom. The summed E-state index contributed by atoms with van der Waals surface area (Å²) in [4.78, 5) is 9.76. The molecule has 0 aromatic heterocycles. The zero-order valence-corrected chi connectivity index (χ0v) is 12.0. The fraction of sp³-hybridized carbons (Fsp3) is 0. The van der Waals surface area contributed by atoms with E-state index in [0.29, 0.717) is 5.75 Å². The summed E-state index contributed by atoms with van der Waals surface area (Å²) >= 11 is 5.78. The van der Waals surface area contributed by atoms with Gasteiger partial charge in [0.25, 0.3) is 0 Å². The number of hydrogen-bond acceptors (Lipinski definition) is 5. The molecule has 0 radical (unpaired) electrons. The third kappa shape index (κ3) is 3.30. The number of primary sulfonamides is 1. The zero-order valence-electron chi connectivity index (χ0n) is 10.4. The van der Waals surface area contributed by atoms with Crippen molar-refractivity contribution in [3.63, 3.8) is 0 Å². The molecule has 2 aromatic carbocycles. The van der Waals surface area contributed by atoms with Gasteiger partial charge >= 0.3 is 5.69 Å². The number of benzene rings is 2. The first-order chi connectivity index (χ1) is 9.80. The first kappa shape index (κ1) is 15.2. The van der Waals surface area contributed by atoms with Crippen LogP contribution in [-0.4, -0.2) is 13.3 Å². The molecular weight excluding hydrogens is 320 g/mol. The summed E-state index contributed by atoms with van der Waals surface area (Å²) in [7, 11) is -4.17. The summed E-state index contributed by atoms with van der Waals surface area (Å²) in [6.07, 6.45) is 0. The molecule has 0 atom stereocenters. The van der Waals surface area contributed by atoms with Crippen LogP contribution in [0.1, 0.15) is 0 Å². The first-order valence-corrected chi connectivity index (χ1v) is 7.45. The third-order valence-electron chi connectivity index (χ3n) is 2.50. The lowest BCUT2D eigenvalue weighted by Crippen LogP contribution is -2.13. The minimum absolute atomic E-state index is 0.177. The molecule has 2 aromatic rings. The second kappa shape index (κ2) is 5.68. The highest BCUT2D eigenvalue weighted by Gasteiger charge is 2.27. The minimum Gasteiger partial charge on any atom is -0.450 e. The summed E-state index contributed by atoms with van der Waals surface area (Å²) in [6, 6.07) is 10.5. The van der Waals surface area contributed by atoms with Gasteiger partial charge in [-0.15, -0.1) is 0 Å². The molecule has 9 heteroatoms. The van der Waals surface area contributed by atoms with Crippen LogP contribution in [0.2, 0.25) is 5.02 Å². The Morgan fingerprint density at radius 3 is 2.29 bits per heavy atom. The van der Waals surface area contributed by atoms with Gasteiger partial charge in [0.1, 0.15) is 15.7 Å². The molecule has 0 fully saturated rings. The van der Waals surface area contributed by atoms with E-state index >= 15 is 0 Å². The van der Waals surface area contributed by atoms with Gasteiger partial charge in [0.05, 0.1) is 4.92 Å². The normalized spacial score (nSPS) is 11.1. The largest absolute Gasteiger partial charge is 0.450 e. The Bertz CT molecular complexity index is 793. The van der Waals surface area contributed by atoms with Gasteiger partial charge in [-0.3, -0.25) is 10.1 Å². The molecule has 21 heavy (non-hydrogen) atoms. The molecule has 0 saturated heterocycles. The Morgan fingerprint density at radius 2 is 1.76 bits per heavy atom. The number of halogens is 1. The predicted molar refractivity (Wildman–Crippen MR) is 76.0 cm³/mol. The van der Waals surface area contributed by atoms with Gasteiger partial charge in [-0.05, 0) is 24.3 Å². The van der Waals surface area contributed by atoms with Crippen LogP contribution in [0.15, 0.2) is 47.4 Å². The van der Waals surface area contributed by atoms with E-state index in [4.69, 9.17) is 21.5 Å². The zero-order chi connectivity index (χ0) is 15.6. The van der Waals surface area contributed by atoms with Gasteiger partial charge in [0.15, 0.2) is 0 Å². The standard InChI is InChI=1S/C12H9ClN2O5S/c13-11-10(21(14,18)19)7-6-9(12(11)15(16)17)20-8-4-2-1-3-5-8/h1-7H,(H2,14,18,19). The topological polar surface area (TPSA) is 113 Å². The van der Waals surface area contributed by atoms with Crippen molar-refractivity contribution in [1.82, 2.24) is 0 Å². The van der Waals surface area contributed by atoms with Crippen molar-refractivity contribution in [3.8, 4) is 11.5 Å². The first-order valence-electron chi connectivity index (χ1n) is 5.53. The molecule has 2 N–H and O–H groups in total. The highest BCUT2D eigenvalue weighted by Crippen LogP contribution is 2.40. The van der Waals surface area contributed by atoms with E-state index in [-0.39, 0.29) is 5.75 Å². The van der Waals surface area contributed by atoms with Crippen molar-refractivity contribution < 1.29 is 18.1 Å². The second-order valence-corrected chi connectivity index (χ2v) is 5.85. The van der Waals surface area contributed by atoms with Crippen LogP contribution in [0.4, 0.5) is 5.69 Å². The number of nitrogens with zero attached hydrogens (tertiary/aromatic N) is 1. The van der Waals surface area contributed by atoms with E-state index in [1.807, 2.05) is 0 Å². The lowest BCUT2D eigenvalue weighted by molar-refractivity contribution is -0.385. The van der Waals surface area contributed by atoms with Crippen molar-refractivity contribution >= 4 is 27.3 Å².